The lowest BCUT2D eigenvalue weighted by molar-refractivity contribution is -0.193. The fourth-order valence-electron chi connectivity index (χ4n) is 5.84. The number of amides is 2. The van der Waals surface area contributed by atoms with Gasteiger partial charge in [-0.1, -0.05) is 19.1 Å². The van der Waals surface area contributed by atoms with Crippen molar-refractivity contribution in [3.05, 3.63) is 93.0 Å². The van der Waals surface area contributed by atoms with E-state index in [9.17, 15) is 49.1 Å². The van der Waals surface area contributed by atoms with Gasteiger partial charge in [0.25, 0.3) is 5.56 Å². The van der Waals surface area contributed by atoms with Crippen LogP contribution in [0.15, 0.2) is 64.5 Å². The maximum Gasteiger partial charge on any atom is 0.490 e. The first kappa shape index (κ1) is 48.3. The Morgan fingerprint density at radius 3 is 2.03 bits per heavy atom. The van der Waals surface area contributed by atoms with Crippen LogP contribution in [0.1, 0.15) is 61.1 Å². The van der Waals surface area contributed by atoms with Crippen LogP contribution in [-0.2, 0) is 42.1 Å². The summed E-state index contributed by atoms with van der Waals surface area (Å²) in [6.07, 6.45) is -7.97. The second-order valence-electron chi connectivity index (χ2n) is 13.7. The molecule has 0 saturated heterocycles. The average molecular weight is 873 g/mol. The number of aromatic nitrogens is 2. The number of carboxylic acid groups (broad SMARTS) is 2. The van der Waals surface area contributed by atoms with E-state index in [4.69, 9.17) is 19.8 Å². The van der Waals surface area contributed by atoms with Crippen molar-refractivity contribution in [2.75, 3.05) is 23.7 Å². The number of halogens is 6. The fraction of sp³-hybridized carbons (Fsp3) is 0.368. The third-order valence-corrected chi connectivity index (χ3v) is 11.0. The maximum atomic E-state index is 14.1. The molecule has 4 aromatic rings. The smallest absolute Gasteiger partial charge is 0.475 e. The number of nitrogens with one attached hydrogen (secondary N) is 4. The number of benzene rings is 3. The number of rotatable bonds is 6. The highest BCUT2D eigenvalue weighted by atomic mass is 32.2. The van der Waals surface area contributed by atoms with Crippen LogP contribution >= 0.6 is 0 Å². The lowest BCUT2D eigenvalue weighted by atomic mass is 9.94. The van der Waals surface area contributed by atoms with Crippen molar-refractivity contribution >= 4 is 55.9 Å². The van der Waals surface area contributed by atoms with Crippen molar-refractivity contribution in [3.63, 3.8) is 0 Å². The van der Waals surface area contributed by atoms with Gasteiger partial charge in [0.1, 0.15) is 6.04 Å². The number of carbonyl (C=O) groups is 4. The fourth-order valence-corrected chi connectivity index (χ4v) is 7.10. The van der Waals surface area contributed by atoms with Crippen molar-refractivity contribution in [1.29, 1.82) is 0 Å². The third kappa shape index (κ3) is 13.0. The molecule has 15 nitrogen and oxygen atoms in total. The molecule has 4 bridgehead atoms. The van der Waals surface area contributed by atoms with E-state index < -0.39 is 51.3 Å². The molecule has 2 aliphatic rings. The number of aryl methyl sites for hydroxylation is 2. The molecular formula is C38H42F6N6O9S. The minimum atomic E-state index is -5.08. The van der Waals surface area contributed by atoms with E-state index in [1.54, 1.807) is 44.2 Å². The molecule has 22 heteroatoms. The van der Waals surface area contributed by atoms with Gasteiger partial charge in [-0.25, -0.2) is 23.0 Å². The SMILES string of the molecule is CCCN1CC(=O)Nc2ccc(S(=O)(=O)C(C)C)c(c2)CNC(=O)C(Nc2ccc3nc[nH]c(=O)c3c2)c2cc(C)c(c(C)c2)C1.O=C(O)C(F)(F)F.O=C(O)C(F)(F)F. The number of carbonyl (C=O) groups excluding carboxylic acids is 2. The number of aromatic amines is 1. The van der Waals surface area contributed by atoms with Crippen molar-refractivity contribution < 1.29 is 64.2 Å². The van der Waals surface area contributed by atoms with E-state index in [2.05, 4.69) is 37.7 Å². The van der Waals surface area contributed by atoms with Crippen LogP contribution in [0.25, 0.3) is 10.9 Å². The number of hydrogen-bond donors (Lipinski definition) is 6. The molecule has 60 heavy (non-hydrogen) atoms. The standard InChI is InChI=1S/C34H40N6O5S.2C2HF3O2/c1-6-11-40-17-28-21(4)12-23(13-22(28)5)32(39-26-7-9-29-27(15-26)33(42)37-19-36-29)34(43)35-16-24-14-25(38-31(41)18-40)8-10-30(24)46(44,45)20(2)3;2*3-2(4,5)1(6)7/h7-10,12-15,19-20,32,39H,6,11,16-18H2,1-5H3,(H,35,43)(H,38,41)(H,36,37,42);2*(H,6,7). The van der Waals surface area contributed by atoms with Crippen molar-refractivity contribution in [1.82, 2.24) is 20.2 Å². The number of fused-ring (bicyclic) bond motifs is 10. The Morgan fingerprint density at radius 2 is 1.50 bits per heavy atom. The monoisotopic (exact) mass is 872 g/mol. The third-order valence-electron chi connectivity index (χ3n) is 8.76. The minimum absolute atomic E-state index is 0.0938. The van der Waals surface area contributed by atoms with Crippen molar-refractivity contribution in [2.24, 2.45) is 0 Å². The molecule has 6 N–H and O–H groups in total. The van der Waals surface area contributed by atoms with Crippen LogP contribution < -0.4 is 21.5 Å². The molecule has 0 radical (unpaired) electrons. The molecule has 0 aliphatic carbocycles. The predicted molar refractivity (Wildman–Crippen MR) is 207 cm³/mol. The summed E-state index contributed by atoms with van der Waals surface area (Å²) >= 11 is 0. The Hall–Kier alpha value is -6.03. The lowest BCUT2D eigenvalue weighted by Gasteiger charge is -2.26. The Balaban J connectivity index is 0.000000589. The van der Waals surface area contributed by atoms with Crippen LogP contribution in [0.3, 0.4) is 0 Å². The highest BCUT2D eigenvalue weighted by Crippen LogP contribution is 2.29. The van der Waals surface area contributed by atoms with E-state index >= 15 is 0 Å². The molecular weight excluding hydrogens is 831 g/mol. The van der Waals surface area contributed by atoms with Gasteiger partial charge in [0.15, 0.2) is 9.84 Å². The summed E-state index contributed by atoms with van der Waals surface area (Å²) < 4.78 is 90.1. The zero-order valence-corrected chi connectivity index (χ0v) is 33.5. The van der Waals surface area contributed by atoms with Crippen molar-refractivity contribution in [2.45, 2.75) is 82.7 Å². The molecule has 6 rings (SSSR count). The molecule has 1 unspecified atom stereocenters. The van der Waals surface area contributed by atoms with Gasteiger partial charge in [-0.3, -0.25) is 19.3 Å². The molecule has 3 aromatic carbocycles. The summed E-state index contributed by atoms with van der Waals surface area (Å²) in [5.74, 6) is -6.12. The van der Waals surface area contributed by atoms with Crippen molar-refractivity contribution in [3.8, 4) is 0 Å². The van der Waals surface area contributed by atoms with Crippen LogP contribution in [0.2, 0.25) is 0 Å². The number of hydrogen-bond acceptors (Lipinski definition) is 10. The van der Waals surface area contributed by atoms with Gasteiger partial charge in [0.2, 0.25) is 11.8 Å². The number of nitrogens with zero attached hydrogens (tertiary/aromatic N) is 2. The van der Waals surface area contributed by atoms with Gasteiger partial charge in [0, 0.05) is 24.5 Å². The summed E-state index contributed by atoms with van der Waals surface area (Å²) in [7, 11) is -3.70. The van der Waals surface area contributed by atoms with E-state index in [0.717, 1.165) is 23.1 Å². The largest absolute Gasteiger partial charge is 0.490 e. The quantitative estimate of drug-likeness (QED) is 0.130. The van der Waals surface area contributed by atoms with Gasteiger partial charge < -0.3 is 31.1 Å². The first-order chi connectivity index (χ1) is 27.8. The summed E-state index contributed by atoms with van der Waals surface area (Å²) in [5.41, 5.74) is 5.29. The highest BCUT2D eigenvalue weighted by Gasteiger charge is 2.39. The Bertz CT molecular complexity index is 2360. The highest BCUT2D eigenvalue weighted by molar-refractivity contribution is 7.92. The molecule has 0 saturated carbocycles. The molecule has 0 spiro atoms. The second kappa shape index (κ2) is 19.8. The topological polar surface area (TPSA) is 228 Å². The zero-order valence-electron chi connectivity index (χ0n) is 32.7. The normalized spacial score (nSPS) is 15.2. The molecule has 1 atom stereocenters. The average Bonchev–Trinajstić information content (AvgIpc) is 3.13. The lowest BCUT2D eigenvalue weighted by Crippen LogP contribution is -2.35. The van der Waals surface area contributed by atoms with Gasteiger partial charge in [-0.2, -0.15) is 26.3 Å². The van der Waals surface area contributed by atoms with E-state index in [0.29, 0.717) is 46.5 Å². The van der Waals surface area contributed by atoms with Crippen LogP contribution in [-0.4, -0.2) is 87.9 Å². The number of anilines is 2. The maximum absolute atomic E-state index is 14.1. The Kier molecular flexibility index (Phi) is 16.0. The molecule has 0 fully saturated rings. The molecule has 2 aliphatic heterocycles. The van der Waals surface area contributed by atoms with E-state index in [1.165, 1.54) is 12.4 Å². The van der Waals surface area contributed by atoms with E-state index in [-0.39, 0.29) is 29.5 Å². The summed E-state index contributed by atoms with van der Waals surface area (Å²) in [4.78, 5) is 66.5. The number of sulfone groups is 1. The summed E-state index contributed by atoms with van der Waals surface area (Å²) in [5, 5.41) is 23.1. The van der Waals surface area contributed by atoms with Gasteiger partial charge in [-0.05, 0) is 105 Å². The Labute approximate surface area is 339 Å². The molecule has 326 valence electrons. The number of carboxylic acids is 2. The van der Waals surface area contributed by atoms with Gasteiger partial charge in [0.05, 0.1) is 33.9 Å². The van der Waals surface area contributed by atoms with Crippen LogP contribution in [0.5, 0.6) is 0 Å². The molecule has 2 amide bonds. The molecule has 1 aromatic heterocycles. The van der Waals surface area contributed by atoms with Crippen LogP contribution in [0, 0.1) is 13.8 Å². The number of alkyl halides is 6. The zero-order chi connectivity index (χ0) is 45.3. The summed E-state index contributed by atoms with van der Waals surface area (Å²) in [6.45, 7) is 10.6. The minimum Gasteiger partial charge on any atom is -0.475 e. The Morgan fingerprint density at radius 1 is 0.917 bits per heavy atom. The molecule has 3 heterocycles. The second-order valence-corrected chi connectivity index (χ2v) is 16.1. The van der Waals surface area contributed by atoms with Gasteiger partial charge >= 0.3 is 24.3 Å². The number of aliphatic carboxylic acids is 2. The first-order valence-corrected chi connectivity index (χ1v) is 19.4. The summed E-state index contributed by atoms with van der Waals surface area (Å²) in [6, 6.07) is 12.8. The van der Waals surface area contributed by atoms with E-state index in [1.807, 2.05) is 26.0 Å². The van der Waals surface area contributed by atoms with Crippen LogP contribution in [0.4, 0.5) is 37.7 Å². The first-order valence-electron chi connectivity index (χ1n) is 17.9. The predicted octanol–water partition coefficient (Wildman–Crippen LogP) is 5.62. The van der Waals surface area contributed by atoms with Gasteiger partial charge in [-0.15, -0.1) is 0 Å². The number of H-pyrrole nitrogens is 1.